The van der Waals surface area contributed by atoms with Crippen molar-refractivity contribution in [2.24, 2.45) is 34.6 Å². The molecule has 29 N–H and O–H groups in total. The van der Waals surface area contributed by atoms with Crippen LogP contribution in [0.5, 0.6) is 0 Å². The maximum absolute atomic E-state index is 13.2. The molecule has 3 aromatic carbocycles. The van der Waals surface area contributed by atoms with Gasteiger partial charge in [-0.05, 0) is 41.9 Å². The van der Waals surface area contributed by atoms with Crippen molar-refractivity contribution in [1.29, 1.82) is 0 Å². The highest BCUT2D eigenvalue weighted by Crippen LogP contribution is 2.40. The van der Waals surface area contributed by atoms with Crippen LogP contribution in [0.2, 0.25) is 0 Å². The van der Waals surface area contributed by atoms with Gasteiger partial charge in [0.15, 0.2) is 37.7 Å². The molecule has 6 saturated heterocycles. The highest BCUT2D eigenvalue weighted by molar-refractivity contribution is 5.68. The first-order valence-electron chi connectivity index (χ1n) is 37.6. The molecule has 0 radical (unpaired) electrons. The van der Waals surface area contributed by atoms with Crippen LogP contribution < -0.4 is 44.6 Å². The second-order valence-corrected chi connectivity index (χ2v) is 29.3. The van der Waals surface area contributed by atoms with E-state index < -0.39 is 277 Å². The lowest BCUT2D eigenvalue weighted by molar-refractivity contribution is -0.318. The van der Waals surface area contributed by atoms with Gasteiger partial charge in [0.1, 0.15) is 160 Å². The number of hydrogen-bond donors (Lipinski definition) is 24. The number of aliphatic hydroxyl groups is 16. The van der Waals surface area contributed by atoms with Crippen LogP contribution in [-0.2, 0) is 90.9 Å². The molecule has 8 fully saturated rings. The number of benzene rings is 3. The SMILES string of the molecule is CC[C@@H]1O[C@H](O[C@H]2[C@@H](O)[C@H](O[C@@H]3[C@@H](O)[C@H](NC(=O)OCc4ccccc4)C[C@H](C)[C@H]3O[C@H]3O[C@H](CO)[C@@H](O)[C@H](O)[C@H]3NC(=O)OCc3ccccc3)O[C@@H]2CO)[C@H](NC(=O)OCc2ccccc2)[C@@H](O)[C@@H]1O.NC[C@@H]1O[C@H](O[C@H]2[C@@H](O)[C@H](O[C@@H]3[C@@H](O)[C@H](N)C[C@H](N)[C@H]3O[C@H]3O[C@H](CO)[C@@H](O)[C@H](O)[C@H]3N)O[C@@H]2CO)[C@H](N)[C@@H](O)[C@@H]1O. The normalized spacial score (nSPS) is 42.3. The molecular weight excluding hydrogens is 1520 g/mol. The van der Waals surface area contributed by atoms with Crippen molar-refractivity contribution in [2.75, 3.05) is 33.0 Å². The number of rotatable bonds is 27. The third-order valence-corrected chi connectivity index (χ3v) is 21.4. The zero-order valence-electron chi connectivity index (χ0n) is 62.3. The third kappa shape index (κ3) is 21.6. The van der Waals surface area contributed by atoms with E-state index in [0.29, 0.717) is 16.7 Å². The van der Waals surface area contributed by atoms with E-state index in [2.05, 4.69) is 16.0 Å². The maximum Gasteiger partial charge on any atom is 0.407 e. The average Bonchev–Trinajstić information content (AvgIpc) is 1.31. The number of alkyl carbamates (subject to hydrolysis) is 3. The lowest BCUT2D eigenvalue weighted by atomic mass is 9.80. The Morgan fingerprint density at radius 2 is 0.711 bits per heavy atom. The fourth-order valence-electron chi connectivity index (χ4n) is 14.8. The predicted octanol–water partition coefficient (Wildman–Crippen LogP) is -9.06. The molecule has 642 valence electrons. The monoisotopic (exact) mass is 1630 g/mol. The van der Waals surface area contributed by atoms with Crippen molar-refractivity contribution in [3.8, 4) is 0 Å². The van der Waals surface area contributed by atoms with Gasteiger partial charge in [-0.2, -0.15) is 0 Å². The molecule has 6 heterocycles. The van der Waals surface area contributed by atoms with E-state index in [1.165, 1.54) is 0 Å². The van der Waals surface area contributed by atoms with Gasteiger partial charge in [0.25, 0.3) is 0 Å². The van der Waals surface area contributed by atoms with Crippen LogP contribution in [0.25, 0.3) is 0 Å². The van der Waals surface area contributed by atoms with Crippen LogP contribution in [0.15, 0.2) is 91.0 Å². The van der Waals surface area contributed by atoms with Crippen LogP contribution in [0.4, 0.5) is 14.4 Å². The molecule has 3 aromatic rings. The largest absolute Gasteiger partial charge is 0.445 e. The minimum Gasteiger partial charge on any atom is -0.445 e. The number of nitrogens with two attached hydrogens (primary N) is 5. The molecule has 0 spiro atoms. The summed E-state index contributed by atoms with van der Waals surface area (Å²) in [5.41, 5.74) is 31.9. The Morgan fingerprint density at radius 3 is 1.14 bits per heavy atom. The van der Waals surface area contributed by atoms with Crippen LogP contribution in [-0.4, -0.2) is 359 Å². The lowest BCUT2D eigenvalue weighted by Crippen LogP contribution is -2.68. The number of carbonyl (C=O) groups excluding carboxylic acids is 3. The Balaban J connectivity index is 0.000000278. The number of hydrogen-bond acceptors (Lipinski definition) is 39. The molecular formula is C72H110N8O34. The van der Waals surface area contributed by atoms with Crippen molar-refractivity contribution in [1.82, 2.24) is 16.0 Å². The predicted molar refractivity (Wildman–Crippen MR) is 382 cm³/mol. The summed E-state index contributed by atoms with van der Waals surface area (Å²) < 4.78 is 87.5. The van der Waals surface area contributed by atoms with E-state index in [4.69, 9.17) is 99.7 Å². The van der Waals surface area contributed by atoms with Crippen molar-refractivity contribution < 1.29 is 167 Å². The molecule has 0 bridgehead atoms. The van der Waals surface area contributed by atoms with Crippen molar-refractivity contribution in [2.45, 2.75) is 279 Å². The summed E-state index contributed by atoms with van der Waals surface area (Å²) in [6.07, 6.45) is -46.8. The average molecular weight is 1630 g/mol. The Hall–Kier alpha value is -5.85. The molecule has 8 aliphatic rings. The standard InChI is InChI=1S/C49H65N3O20.C23H45N5O14/c1-3-30-36(56)38(58)33(51-48(62)65-23-27-15-9-5-10-16-27)44(67-30)71-42-32(21-54)69-46(40(42)60)72-43-35(55)29(50-47(61)64-22-26-13-7-4-8-14-26)19-25(2)41(43)70-45-34(39(59)37(57)31(20-53)68-45)52-49(63)66-24-28-17-11-6-12-18-28;24-2-7-13(32)15(34)10(27)21(37-7)41-19-9(4-30)39-23(17(19)36)42-20-12(31)5(25)1-6(26)18(20)40-22-11(28)16(35)14(33)8(3-29)38-22/h4-18,25,29-46,53-60H,3,19-24H2,1-2H3,(H,50,61)(H,51,62)(H,52,63);5-23,29-36H,1-4,24-28H2/t25-,29+,30-,31+,32+,33+,34+,35-,36+,37+,38+,39+,40+,41+,42+,43+,44+,45+,46-;5-,6+,7+,8-,9-,10-,11-,12+,13-,14-,15-,16-,17-,18-,19-,20-,21-,22-,23+/m01/s1. The zero-order chi connectivity index (χ0) is 82.5. The van der Waals surface area contributed by atoms with Crippen molar-refractivity contribution in [3.05, 3.63) is 108 Å². The summed E-state index contributed by atoms with van der Waals surface area (Å²) in [5, 5.41) is 179. The van der Waals surface area contributed by atoms with E-state index in [9.17, 15) is 96.1 Å². The number of carbonyl (C=O) groups is 3. The molecule has 2 aliphatic carbocycles. The second kappa shape index (κ2) is 41.7. The van der Waals surface area contributed by atoms with Crippen molar-refractivity contribution in [3.63, 3.8) is 0 Å². The highest BCUT2D eigenvalue weighted by atomic mass is 16.8. The number of aliphatic hydroxyl groups excluding tert-OH is 16. The highest BCUT2D eigenvalue weighted by Gasteiger charge is 2.59. The fourth-order valence-corrected chi connectivity index (χ4v) is 14.8. The van der Waals surface area contributed by atoms with Crippen LogP contribution in [0, 0.1) is 5.92 Å². The lowest BCUT2D eigenvalue weighted by Gasteiger charge is -2.48. The Bertz CT molecular complexity index is 3410. The minimum absolute atomic E-state index is 0.00227. The first kappa shape index (κ1) is 90.5. The molecule has 42 heteroatoms. The van der Waals surface area contributed by atoms with Crippen LogP contribution in [0.3, 0.4) is 0 Å². The molecule has 3 amide bonds. The van der Waals surface area contributed by atoms with Crippen molar-refractivity contribution >= 4 is 18.3 Å². The summed E-state index contributed by atoms with van der Waals surface area (Å²) in [4.78, 5) is 39.5. The minimum atomic E-state index is -1.83. The first-order chi connectivity index (χ1) is 54.5. The van der Waals surface area contributed by atoms with E-state index in [1.807, 2.05) is 0 Å². The fraction of sp³-hybridized carbons (Fsp3) is 0.708. The van der Waals surface area contributed by atoms with Gasteiger partial charge in [0.05, 0.1) is 62.9 Å². The van der Waals surface area contributed by atoms with Gasteiger partial charge < -0.3 is 197 Å². The molecule has 0 unspecified atom stereocenters. The van der Waals surface area contributed by atoms with Gasteiger partial charge in [-0.25, -0.2) is 14.4 Å². The Kier molecular flexibility index (Phi) is 33.1. The molecule has 11 rings (SSSR count). The maximum atomic E-state index is 13.2. The van der Waals surface area contributed by atoms with Gasteiger partial charge in [-0.15, -0.1) is 0 Å². The van der Waals surface area contributed by atoms with E-state index in [1.54, 1.807) is 105 Å². The summed E-state index contributed by atoms with van der Waals surface area (Å²) in [5.74, 6) is -0.717. The number of amides is 3. The Morgan fingerprint density at radius 1 is 0.368 bits per heavy atom. The smallest absolute Gasteiger partial charge is 0.407 e. The van der Waals surface area contributed by atoms with Gasteiger partial charge in [0, 0.05) is 18.6 Å². The summed E-state index contributed by atoms with van der Waals surface area (Å²) in [7, 11) is 0. The third-order valence-electron chi connectivity index (χ3n) is 21.4. The number of ether oxygens (including phenoxy) is 15. The molecule has 6 aliphatic heterocycles. The molecule has 0 aromatic heterocycles. The first-order valence-corrected chi connectivity index (χ1v) is 37.6. The quantitative estimate of drug-likeness (QED) is 0.0315. The van der Waals surface area contributed by atoms with Crippen LogP contribution in [0.1, 0.15) is 49.8 Å². The van der Waals surface area contributed by atoms with E-state index in [0.717, 1.165) is 0 Å². The molecule has 2 saturated carbocycles. The van der Waals surface area contributed by atoms with E-state index in [-0.39, 0.29) is 45.6 Å². The van der Waals surface area contributed by atoms with Crippen LogP contribution >= 0.6 is 0 Å². The summed E-state index contributed by atoms with van der Waals surface area (Å²) in [6.45, 7) is -0.127. The number of nitrogens with one attached hydrogen (secondary N) is 3. The summed E-state index contributed by atoms with van der Waals surface area (Å²) in [6, 6.07) is 17.9. The molecule has 114 heavy (non-hydrogen) atoms. The van der Waals surface area contributed by atoms with Gasteiger partial charge >= 0.3 is 18.3 Å². The zero-order valence-corrected chi connectivity index (χ0v) is 62.3. The molecule has 38 atom stereocenters. The second-order valence-electron chi connectivity index (χ2n) is 29.3. The molecule has 42 nitrogen and oxygen atoms in total. The summed E-state index contributed by atoms with van der Waals surface area (Å²) >= 11 is 0. The van der Waals surface area contributed by atoms with E-state index >= 15 is 0 Å². The van der Waals surface area contributed by atoms with Gasteiger partial charge in [-0.3, -0.25) is 0 Å². The Labute approximate surface area is 653 Å². The topological polar surface area (TPSA) is 680 Å². The van der Waals surface area contributed by atoms with Gasteiger partial charge in [-0.1, -0.05) is 105 Å². The van der Waals surface area contributed by atoms with Gasteiger partial charge in [0.2, 0.25) is 0 Å².